The van der Waals surface area contributed by atoms with Gasteiger partial charge >= 0.3 is 0 Å². The van der Waals surface area contributed by atoms with Crippen molar-refractivity contribution in [1.29, 1.82) is 0 Å². The summed E-state index contributed by atoms with van der Waals surface area (Å²) in [5.41, 5.74) is 6.04. The van der Waals surface area contributed by atoms with Crippen LogP contribution >= 0.6 is 0 Å². The molecule has 3 heteroatoms. The molecule has 42 valence electrons. The summed E-state index contributed by atoms with van der Waals surface area (Å²) in [6, 6.07) is 0.564. The Balaban J connectivity index is 2.12. The Kier molecular flexibility index (Phi) is 1.62. The Morgan fingerprint density at radius 1 is 1.57 bits per heavy atom. The first kappa shape index (κ1) is 5.03. The number of rotatable bonds is 0. The van der Waals surface area contributed by atoms with Crippen molar-refractivity contribution >= 4 is 0 Å². The number of nitrogens with one attached hydrogen (secondary N) is 3. The van der Waals surface area contributed by atoms with E-state index in [1.165, 1.54) is 0 Å². The zero-order valence-electron chi connectivity index (χ0n) is 4.49. The van der Waals surface area contributed by atoms with Gasteiger partial charge in [0.2, 0.25) is 0 Å². The van der Waals surface area contributed by atoms with Gasteiger partial charge in [0.05, 0.1) is 6.67 Å². The summed E-state index contributed by atoms with van der Waals surface area (Å²) in [6.07, 6.45) is 0. The largest absolute Gasteiger partial charge is 0.302 e. The molecular weight excluding hydrogens is 90.1 g/mol. The van der Waals surface area contributed by atoms with Crippen LogP contribution in [0, 0.1) is 0 Å². The second kappa shape index (κ2) is 2.26. The lowest BCUT2D eigenvalue weighted by Gasteiger charge is -2.21. The molecule has 1 aliphatic rings. The van der Waals surface area contributed by atoms with E-state index in [-0.39, 0.29) is 0 Å². The third kappa shape index (κ3) is 1.43. The number of hydrogen-bond acceptors (Lipinski definition) is 3. The fourth-order valence-corrected chi connectivity index (χ4v) is 0.627. The van der Waals surface area contributed by atoms with Crippen LogP contribution in [0.3, 0.4) is 0 Å². The van der Waals surface area contributed by atoms with Gasteiger partial charge in [-0.05, 0) is 6.92 Å². The molecular formula is C4H11N3. The van der Waals surface area contributed by atoms with Crippen LogP contribution in [0.15, 0.2) is 0 Å². The molecule has 0 radical (unpaired) electrons. The average Bonchev–Trinajstić information content (AvgIpc) is 1.69. The predicted octanol–water partition coefficient (Wildman–Crippen LogP) is -0.970. The normalized spacial score (nSPS) is 33.0. The van der Waals surface area contributed by atoms with E-state index >= 15 is 0 Å². The van der Waals surface area contributed by atoms with Crippen LogP contribution in [-0.2, 0) is 0 Å². The molecule has 0 spiro atoms. The van der Waals surface area contributed by atoms with Gasteiger partial charge in [0, 0.05) is 12.6 Å². The van der Waals surface area contributed by atoms with Crippen LogP contribution in [0.4, 0.5) is 0 Å². The summed E-state index contributed by atoms with van der Waals surface area (Å²) in [4.78, 5) is 0. The van der Waals surface area contributed by atoms with Gasteiger partial charge in [-0.2, -0.15) is 0 Å². The van der Waals surface area contributed by atoms with Crippen molar-refractivity contribution in [3.05, 3.63) is 0 Å². The minimum Gasteiger partial charge on any atom is -0.302 e. The molecule has 1 saturated heterocycles. The molecule has 1 unspecified atom stereocenters. The van der Waals surface area contributed by atoms with Gasteiger partial charge in [0.1, 0.15) is 0 Å². The topological polar surface area (TPSA) is 36.1 Å². The summed E-state index contributed by atoms with van der Waals surface area (Å²) < 4.78 is 0. The number of hydrazine groups is 1. The molecule has 1 heterocycles. The van der Waals surface area contributed by atoms with Crippen LogP contribution in [0.5, 0.6) is 0 Å². The van der Waals surface area contributed by atoms with Gasteiger partial charge in [-0.3, -0.25) is 5.43 Å². The lowest BCUT2D eigenvalue weighted by Crippen LogP contribution is -2.54. The van der Waals surface area contributed by atoms with Crippen LogP contribution < -0.4 is 16.2 Å². The van der Waals surface area contributed by atoms with E-state index in [4.69, 9.17) is 0 Å². The van der Waals surface area contributed by atoms with Crippen LogP contribution in [0.1, 0.15) is 6.92 Å². The van der Waals surface area contributed by atoms with Crippen LogP contribution in [0.2, 0.25) is 0 Å². The highest BCUT2D eigenvalue weighted by Crippen LogP contribution is 1.76. The van der Waals surface area contributed by atoms with E-state index in [9.17, 15) is 0 Å². The Bertz CT molecular complexity index is 48.9. The van der Waals surface area contributed by atoms with Crippen molar-refractivity contribution in [3.8, 4) is 0 Å². The third-order valence-electron chi connectivity index (χ3n) is 1.01. The quantitative estimate of drug-likeness (QED) is 0.367. The molecule has 0 amide bonds. The molecule has 0 aromatic carbocycles. The first-order valence-electron chi connectivity index (χ1n) is 2.58. The highest BCUT2D eigenvalue weighted by Gasteiger charge is 2.02. The lowest BCUT2D eigenvalue weighted by atomic mass is 10.3. The van der Waals surface area contributed by atoms with E-state index < -0.39 is 0 Å². The molecule has 1 atom stereocenters. The van der Waals surface area contributed by atoms with Crippen molar-refractivity contribution in [2.24, 2.45) is 0 Å². The molecule has 0 saturated carbocycles. The molecule has 1 aliphatic heterocycles. The second-order valence-electron chi connectivity index (χ2n) is 1.85. The van der Waals surface area contributed by atoms with Crippen molar-refractivity contribution in [3.63, 3.8) is 0 Å². The predicted molar refractivity (Wildman–Crippen MR) is 28.6 cm³/mol. The molecule has 7 heavy (non-hydrogen) atoms. The zero-order chi connectivity index (χ0) is 5.11. The zero-order valence-corrected chi connectivity index (χ0v) is 4.49. The van der Waals surface area contributed by atoms with Crippen molar-refractivity contribution in [1.82, 2.24) is 16.2 Å². The smallest absolute Gasteiger partial charge is 0.0590 e. The third-order valence-corrected chi connectivity index (χ3v) is 1.01. The van der Waals surface area contributed by atoms with Gasteiger partial charge in [-0.25, -0.2) is 5.43 Å². The molecule has 1 rings (SSSR count). The molecule has 0 aromatic rings. The highest BCUT2D eigenvalue weighted by molar-refractivity contribution is 4.63. The minimum atomic E-state index is 0.564. The van der Waals surface area contributed by atoms with Crippen molar-refractivity contribution in [2.75, 3.05) is 13.2 Å². The maximum absolute atomic E-state index is 3.16. The monoisotopic (exact) mass is 101 g/mol. The summed E-state index contributed by atoms with van der Waals surface area (Å²) in [7, 11) is 0. The molecule has 0 aromatic heterocycles. The van der Waals surface area contributed by atoms with Crippen molar-refractivity contribution in [2.45, 2.75) is 13.0 Å². The molecule has 0 aliphatic carbocycles. The minimum absolute atomic E-state index is 0.564. The van der Waals surface area contributed by atoms with E-state index in [0.29, 0.717) is 6.04 Å². The maximum Gasteiger partial charge on any atom is 0.0590 e. The molecule has 3 N–H and O–H groups in total. The average molecular weight is 101 g/mol. The Morgan fingerprint density at radius 3 is 2.71 bits per heavy atom. The Labute approximate surface area is 43.4 Å². The standard InChI is InChI=1S/C4H11N3/c1-4-2-5-3-6-7-4/h4-7H,2-3H2,1H3. The summed E-state index contributed by atoms with van der Waals surface area (Å²) in [5.74, 6) is 0. The molecule has 3 nitrogen and oxygen atoms in total. The van der Waals surface area contributed by atoms with Crippen LogP contribution in [-0.4, -0.2) is 19.3 Å². The maximum atomic E-state index is 3.16. The highest BCUT2D eigenvalue weighted by atomic mass is 15.4. The first-order valence-corrected chi connectivity index (χ1v) is 2.58. The second-order valence-corrected chi connectivity index (χ2v) is 1.85. The van der Waals surface area contributed by atoms with E-state index in [1.54, 1.807) is 0 Å². The van der Waals surface area contributed by atoms with Gasteiger partial charge < -0.3 is 5.32 Å². The van der Waals surface area contributed by atoms with Gasteiger partial charge in [0.15, 0.2) is 0 Å². The van der Waals surface area contributed by atoms with Gasteiger partial charge in [-0.15, -0.1) is 0 Å². The first-order chi connectivity index (χ1) is 3.39. The SMILES string of the molecule is CC1CNCNN1. The molecule has 0 bridgehead atoms. The molecule has 1 fully saturated rings. The summed E-state index contributed by atoms with van der Waals surface area (Å²) >= 11 is 0. The number of hydrogen-bond donors (Lipinski definition) is 3. The van der Waals surface area contributed by atoms with Gasteiger partial charge in [-0.1, -0.05) is 0 Å². The van der Waals surface area contributed by atoms with E-state index in [2.05, 4.69) is 23.1 Å². The van der Waals surface area contributed by atoms with Gasteiger partial charge in [0.25, 0.3) is 0 Å². The van der Waals surface area contributed by atoms with E-state index in [1.807, 2.05) is 0 Å². The fourth-order valence-electron chi connectivity index (χ4n) is 0.627. The Hall–Kier alpha value is -0.120. The summed E-state index contributed by atoms with van der Waals surface area (Å²) in [6.45, 7) is 4.07. The van der Waals surface area contributed by atoms with Crippen molar-refractivity contribution < 1.29 is 0 Å². The van der Waals surface area contributed by atoms with E-state index in [0.717, 1.165) is 13.2 Å². The lowest BCUT2D eigenvalue weighted by molar-refractivity contribution is 0.353. The fraction of sp³-hybridized carbons (Fsp3) is 1.00. The summed E-state index contributed by atoms with van der Waals surface area (Å²) in [5, 5.41) is 3.16. The Morgan fingerprint density at radius 2 is 2.43 bits per heavy atom. The van der Waals surface area contributed by atoms with Crippen LogP contribution in [0.25, 0.3) is 0 Å².